The van der Waals surface area contributed by atoms with Gasteiger partial charge in [-0.25, -0.2) is 0 Å². The Kier molecular flexibility index (Phi) is 4.43. The molecule has 0 spiro atoms. The molecule has 0 aliphatic carbocycles. The fourth-order valence-corrected chi connectivity index (χ4v) is 2.23. The molecule has 3 heteroatoms. The SMILES string of the molecule is CC(CCS)c1ccc(Cl)cc1Cl. The predicted molar refractivity (Wildman–Crippen MR) is 63.3 cm³/mol. The van der Waals surface area contributed by atoms with Crippen LogP contribution in [0.15, 0.2) is 18.2 Å². The van der Waals surface area contributed by atoms with Gasteiger partial charge in [0.05, 0.1) is 0 Å². The Labute approximate surface area is 94.7 Å². The molecule has 0 bridgehead atoms. The van der Waals surface area contributed by atoms with Crippen LogP contribution >= 0.6 is 35.8 Å². The molecule has 0 saturated heterocycles. The van der Waals surface area contributed by atoms with E-state index in [1.165, 1.54) is 0 Å². The first-order valence-corrected chi connectivity index (χ1v) is 5.59. The summed E-state index contributed by atoms with van der Waals surface area (Å²) in [5, 5.41) is 1.44. The van der Waals surface area contributed by atoms with Crippen LogP contribution in [-0.2, 0) is 0 Å². The van der Waals surface area contributed by atoms with Gasteiger partial charge in [-0.1, -0.05) is 36.2 Å². The van der Waals surface area contributed by atoms with Gasteiger partial charge in [0.15, 0.2) is 0 Å². The first kappa shape index (κ1) is 11.2. The van der Waals surface area contributed by atoms with Gasteiger partial charge >= 0.3 is 0 Å². The quantitative estimate of drug-likeness (QED) is 0.737. The Hall–Kier alpha value is 0.150. The van der Waals surface area contributed by atoms with Crippen molar-refractivity contribution in [1.82, 2.24) is 0 Å². The summed E-state index contributed by atoms with van der Waals surface area (Å²) in [5.41, 5.74) is 1.15. The first-order chi connectivity index (χ1) is 6.15. The van der Waals surface area contributed by atoms with E-state index in [-0.39, 0.29) is 0 Å². The average Bonchev–Trinajstić information content (AvgIpc) is 2.04. The molecule has 1 aromatic carbocycles. The van der Waals surface area contributed by atoms with E-state index in [1.54, 1.807) is 6.07 Å². The van der Waals surface area contributed by atoms with Crippen molar-refractivity contribution in [2.75, 3.05) is 5.75 Å². The normalized spacial score (nSPS) is 12.9. The van der Waals surface area contributed by atoms with E-state index in [0.29, 0.717) is 10.9 Å². The third-order valence-electron chi connectivity index (χ3n) is 2.06. The summed E-state index contributed by atoms with van der Waals surface area (Å²) in [5.74, 6) is 1.32. The molecule has 1 rings (SSSR count). The molecule has 0 nitrogen and oxygen atoms in total. The second-order valence-electron chi connectivity index (χ2n) is 3.08. The second kappa shape index (κ2) is 5.14. The van der Waals surface area contributed by atoms with Crippen LogP contribution in [0.1, 0.15) is 24.8 Å². The van der Waals surface area contributed by atoms with Crippen molar-refractivity contribution in [3.63, 3.8) is 0 Å². The molecular formula is C10H12Cl2S. The lowest BCUT2D eigenvalue weighted by atomic mass is 9.99. The maximum Gasteiger partial charge on any atom is 0.0455 e. The molecule has 0 N–H and O–H groups in total. The number of thiol groups is 1. The van der Waals surface area contributed by atoms with Crippen molar-refractivity contribution < 1.29 is 0 Å². The summed E-state index contributed by atoms with van der Waals surface area (Å²) in [6, 6.07) is 5.64. The van der Waals surface area contributed by atoms with Gasteiger partial charge in [-0.15, -0.1) is 0 Å². The Morgan fingerprint density at radius 3 is 2.62 bits per heavy atom. The van der Waals surface area contributed by atoms with Crippen LogP contribution < -0.4 is 0 Å². The molecule has 0 aliphatic rings. The summed E-state index contributed by atoms with van der Waals surface area (Å²) in [4.78, 5) is 0. The van der Waals surface area contributed by atoms with E-state index in [2.05, 4.69) is 19.6 Å². The van der Waals surface area contributed by atoms with E-state index >= 15 is 0 Å². The zero-order chi connectivity index (χ0) is 9.84. The number of rotatable bonds is 3. The van der Waals surface area contributed by atoms with E-state index in [4.69, 9.17) is 23.2 Å². The maximum absolute atomic E-state index is 6.05. The van der Waals surface area contributed by atoms with Crippen molar-refractivity contribution in [3.8, 4) is 0 Å². The highest BCUT2D eigenvalue weighted by atomic mass is 35.5. The third-order valence-corrected chi connectivity index (χ3v) is 2.88. The fourth-order valence-electron chi connectivity index (χ4n) is 1.25. The van der Waals surface area contributed by atoms with Crippen LogP contribution in [0.3, 0.4) is 0 Å². The molecule has 1 atom stereocenters. The fraction of sp³-hybridized carbons (Fsp3) is 0.400. The summed E-state index contributed by atoms with van der Waals surface area (Å²) in [6.07, 6.45) is 1.03. The lowest BCUT2D eigenvalue weighted by Gasteiger charge is -2.12. The summed E-state index contributed by atoms with van der Waals surface area (Å²) >= 11 is 16.0. The Morgan fingerprint density at radius 1 is 1.38 bits per heavy atom. The van der Waals surface area contributed by atoms with E-state index < -0.39 is 0 Å². The van der Waals surface area contributed by atoms with Gasteiger partial charge in [0.2, 0.25) is 0 Å². The van der Waals surface area contributed by atoms with Crippen molar-refractivity contribution >= 4 is 35.8 Å². The predicted octanol–water partition coefficient (Wildman–Crippen LogP) is 4.42. The minimum atomic E-state index is 0.447. The topological polar surface area (TPSA) is 0 Å². The van der Waals surface area contributed by atoms with E-state index in [9.17, 15) is 0 Å². The van der Waals surface area contributed by atoms with Crippen molar-refractivity contribution in [2.45, 2.75) is 19.3 Å². The van der Waals surface area contributed by atoms with Gasteiger partial charge in [0.25, 0.3) is 0 Å². The maximum atomic E-state index is 6.05. The number of hydrogen-bond acceptors (Lipinski definition) is 1. The molecule has 13 heavy (non-hydrogen) atoms. The minimum absolute atomic E-state index is 0.447. The van der Waals surface area contributed by atoms with Gasteiger partial charge in [-0.2, -0.15) is 12.6 Å². The highest BCUT2D eigenvalue weighted by Gasteiger charge is 2.08. The molecule has 1 aromatic rings. The molecule has 0 fully saturated rings. The van der Waals surface area contributed by atoms with Crippen LogP contribution in [0.2, 0.25) is 10.0 Å². The van der Waals surface area contributed by atoms with Crippen LogP contribution in [0, 0.1) is 0 Å². The minimum Gasteiger partial charge on any atom is -0.179 e. The van der Waals surface area contributed by atoms with Gasteiger partial charge in [-0.05, 0) is 35.8 Å². The summed E-state index contributed by atoms with van der Waals surface area (Å²) in [7, 11) is 0. The van der Waals surface area contributed by atoms with E-state index in [1.807, 2.05) is 12.1 Å². The molecule has 0 aromatic heterocycles. The zero-order valence-electron chi connectivity index (χ0n) is 7.43. The highest BCUT2D eigenvalue weighted by molar-refractivity contribution is 7.80. The Balaban J connectivity index is 2.88. The smallest absolute Gasteiger partial charge is 0.0455 e. The van der Waals surface area contributed by atoms with Crippen LogP contribution in [0.5, 0.6) is 0 Å². The molecule has 1 unspecified atom stereocenters. The number of benzene rings is 1. The first-order valence-electron chi connectivity index (χ1n) is 4.21. The van der Waals surface area contributed by atoms with Gasteiger partial charge in [0.1, 0.15) is 0 Å². The third kappa shape index (κ3) is 3.08. The van der Waals surface area contributed by atoms with Gasteiger partial charge in [-0.3, -0.25) is 0 Å². The van der Waals surface area contributed by atoms with Crippen LogP contribution in [0.4, 0.5) is 0 Å². The van der Waals surface area contributed by atoms with Crippen molar-refractivity contribution in [2.24, 2.45) is 0 Å². The van der Waals surface area contributed by atoms with Crippen LogP contribution in [0.25, 0.3) is 0 Å². The zero-order valence-corrected chi connectivity index (χ0v) is 9.83. The lowest BCUT2D eigenvalue weighted by molar-refractivity contribution is 0.742. The average molecular weight is 235 g/mol. The monoisotopic (exact) mass is 234 g/mol. The summed E-state index contributed by atoms with van der Waals surface area (Å²) < 4.78 is 0. The standard InChI is InChI=1S/C10H12Cl2S/c1-7(4-5-13)9-3-2-8(11)6-10(9)12/h2-3,6-7,13H,4-5H2,1H3. The molecular weight excluding hydrogens is 223 g/mol. The molecule has 0 aliphatic heterocycles. The molecule has 0 heterocycles. The number of hydrogen-bond donors (Lipinski definition) is 1. The van der Waals surface area contributed by atoms with Crippen molar-refractivity contribution in [3.05, 3.63) is 33.8 Å². The largest absolute Gasteiger partial charge is 0.179 e. The lowest BCUT2D eigenvalue weighted by Crippen LogP contribution is -1.95. The molecule has 0 saturated carbocycles. The number of halogens is 2. The van der Waals surface area contributed by atoms with E-state index in [0.717, 1.165) is 22.8 Å². The summed E-state index contributed by atoms with van der Waals surface area (Å²) in [6.45, 7) is 2.14. The molecule has 0 amide bonds. The van der Waals surface area contributed by atoms with Crippen molar-refractivity contribution in [1.29, 1.82) is 0 Å². The highest BCUT2D eigenvalue weighted by Crippen LogP contribution is 2.29. The molecule has 72 valence electrons. The van der Waals surface area contributed by atoms with Gasteiger partial charge in [0, 0.05) is 10.0 Å². The molecule has 0 radical (unpaired) electrons. The second-order valence-corrected chi connectivity index (χ2v) is 4.37. The Morgan fingerprint density at radius 2 is 2.08 bits per heavy atom. The van der Waals surface area contributed by atoms with Crippen LogP contribution in [-0.4, -0.2) is 5.75 Å². The Bertz CT molecular complexity index is 286. The van der Waals surface area contributed by atoms with Gasteiger partial charge < -0.3 is 0 Å².